The monoisotopic (exact) mass is 991 g/mol. The van der Waals surface area contributed by atoms with Crippen LogP contribution in [0.5, 0.6) is 0 Å². The van der Waals surface area contributed by atoms with Crippen LogP contribution in [0.4, 0.5) is 0 Å². The van der Waals surface area contributed by atoms with Crippen LogP contribution in [0.3, 0.4) is 0 Å². The number of nitrogens with one attached hydrogen (secondary N) is 7. The highest BCUT2D eigenvalue weighted by molar-refractivity contribution is 5.82. The molecule has 3 saturated heterocycles. The first-order valence-electron chi connectivity index (χ1n) is 23.5. The van der Waals surface area contributed by atoms with Gasteiger partial charge in [-0.2, -0.15) is 30.6 Å². The number of piperazine rings is 1. The molecule has 1 saturated carbocycles. The number of aliphatic imine (C=N–C) groups is 3. The van der Waals surface area contributed by atoms with Gasteiger partial charge in [-0.3, -0.25) is 36.0 Å². The van der Waals surface area contributed by atoms with Crippen molar-refractivity contribution in [2.75, 3.05) is 107 Å². The van der Waals surface area contributed by atoms with Crippen molar-refractivity contribution >= 4 is 67.1 Å². The highest BCUT2D eigenvalue weighted by atomic mass is 15.6. The molecule has 1 aliphatic carbocycles. The fourth-order valence-electron chi connectivity index (χ4n) is 6.55. The van der Waals surface area contributed by atoms with Gasteiger partial charge in [-0.1, -0.05) is 14.9 Å². The van der Waals surface area contributed by atoms with Crippen LogP contribution in [0.15, 0.2) is 45.6 Å². The van der Waals surface area contributed by atoms with Crippen LogP contribution < -0.4 is 44.0 Å². The molecule has 4 fully saturated rings. The molecule has 5 aliphatic rings. The first-order chi connectivity index (χ1) is 32.7. The molecule has 0 aromatic heterocycles. The van der Waals surface area contributed by atoms with Crippen molar-refractivity contribution in [2.45, 2.75) is 114 Å². The zero-order valence-corrected chi connectivity index (χ0v) is 43.4. The van der Waals surface area contributed by atoms with Crippen molar-refractivity contribution in [1.29, 1.82) is 10.8 Å². The van der Waals surface area contributed by atoms with Gasteiger partial charge < -0.3 is 37.6 Å². The fourth-order valence-corrected chi connectivity index (χ4v) is 6.55. The number of hydrogen-bond acceptors (Lipinski definition) is 18. The third-order valence-corrected chi connectivity index (χ3v) is 9.83. The number of rotatable bonds is 9. The van der Waals surface area contributed by atoms with Gasteiger partial charge >= 0.3 is 0 Å². The number of nitrogens with two attached hydrogens (primary N) is 3. The van der Waals surface area contributed by atoms with E-state index in [0.717, 1.165) is 116 Å². The molecule has 0 spiro atoms. The Balaban J connectivity index is -0.000000775. The number of nitrogens with zero attached hydrogens (tertiary/aromatic N) is 16. The van der Waals surface area contributed by atoms with Gasteiger partial charge in [0.15, 0.2) is 6.29 Å². The van der Waals surface area contributed by atoms with Gasteiger partial charge in [0.25, 0.3) is 0 Å². The van der Waals surface area contributed by atoms with Gasteiger partial charge in [0.1, 0.15) is 0 Å². The molecule has 13 N–H and O–H groups in total. The maximum Gasteiger partial charge on any atom is 0.217 e. The predicted octanol–water partition coefficient (Wildman–Crippen LogP) is 1.31. The van der Waals surface area contributed by atoms with Crippen molar-refractivity contribution in [3.05, 3.63) is 0 Å². The van der Waals surface area contributed by atoms with Crippen LogP contribution in [-0.2, 0) is 0 Å². The average molecular weight is 991 g/mol. The second-order valence-corrected chi connectivity index (χ2v) is 15.3. The molecule has 70 heavy (non-hydrogen) atoms. The number of guanidine groups is 5. The van der Waals surface area contributed by atoms with E-state index < -0.39 is 0 Å². The van der Waals surface area contributed by atoms with Gasteiger partial charge in [-0.25, -0.2) is 30.9 Å². The first kappa shape index (κ1) is 68.3. The quantitative estimate of drug-likeness (QED) is 0.0885. The molecule has 0 aromatic carbocycles. The molecule has 0 radical (unpaired) electrons. The molecule has 0 bridgehead atoms. The topological polar surface area (TPSA) is 320 Å². The molecule has 0 amide bonds. The summed E-state index contributed by atoms with van der Waals surface area (Å²) in [4.78, 5) is 19.1. The molecule has 5 rings (SSSR count). The maximum absolute atomic E-state index is 7.80. The standard InChI is InChI=1S/C10H21N5.C8H17N5.C8H16N4.C7H16N4.C6H12N4.C3H8N4.2CH4/c1-3-13-15(2)10(12)14-9-6-4-8(11)5-7-9;1-3-11-12(2)8(9)13-6-4-10-5-7-13;1-4-10-12-7-6-11(5-2)8(12)9-3;1-4-9-11-6-5-8-7(11)10(2)3;1-2-9-10-6-7-4-3-5-8-6;1-2-6-7-3(4)5;;/h3,8-9H,4-7,11H2,1-2H3,(H2,12,14);3,9-10H,4-7H2,1-2H3;4H,5-7H2,1-3H3;4,7-8H,5-6H2,1-3H3;2H,3-5H2,1H3,(H2,7,8,10);2H,1H3,(H4,4,5,7);2*1H4/b13-3+;9-8?,11-3+;9-8?,10-4+;9-4+;9-2+;6-2+;;. The largest absolute Gasteiger partial charge is 0.369 e. The normalized spacial score (nSPS) is 20.7. The lowest BCUT2D eigenvalue weighted by Crippen LogP contribution is -2.49. The second-order valence-electron chi connectivity index (χ2n) is 15.3. The van der Waals surface area contributed by atoms with E-state index in [2.05, 4.69) is 89.1 Å². The Hall–Kier alpha value is -5.99. The molecule has 4 aliphatic heterocycles. The van der Waals surface area contributed by atoms with Crippen molar-refractivity contribution < 1.29 is 0 Å². The van der Waals surface area contributed by atoms with Gasteiger partial charge in [0, 0.05) is 123 Å². The molecule has 4 heterocycles. The SMILES string of the molecule is C.C.C/C=N/N(C)C(=N)N1CCNCC1.C/C=N/N(C)C(N)=NC1CCC(N)CC1.C/C=N/N1CCN(CC)C1=NC.C/C=N/N1CCNC1N(C)C.C/C=N/NC(=N)N.C/C=N/NC1=NCCCN1. The van der Waals surface area contributed by atoms with Crippen LogP contribution in [-0.4, -0.2) is 227 Å². The van der Waals surface area contributed by atoms with Crippen molar-refractivity contribution in [3.8, 4) is 0 Å². The Morgan fingerprint density at radius 2 is 1.40 bits per heavy atom. The van der Waals surface area contributed by atoms with Crippen LogP contribution in [0, 0.1) is 10.8 Å². The summed E-state index contributed by atoms with van der Waals surface area (Å²) in [6.07, 6.45) is 15.7. The Bertz CT molecular complexity index is 1610. The zero-order valence-electron chi connectivity index (χ0n) is 43.4. The van der Waals surface area contributed by atoms with E-state index in [9.17, 15) is 0 Å². The second kappa shape index (κ2) is 43.1. The summed E-state index contributed by atoms with van der Waals surface area (Å²) < 4.78 is 0. The summed E-state index contributed by atoms with van der Waals surface area (Å²) in [6.45, 7) is 23.8. The van der Waals surface area contributed by atoms with Crippen LogP contribution in [0.25, 0.3) is 0 Å². The third kappa shape index (κ3) is 30.5. The highest BCUT2D eigenvalue weighted by Crippen LogP contribution is 2.19. The summed E-state index contributed by atoms with van der Waals surface area (Å²) in [6, 6.07) is 0.670. The summed E-state index contributed by atoms with van der Waals surface area (Å²) in [5.41, 5.74) is 21.5. The lowest BCUT2D eigenvalue weighted by Gasteiger charge is -2.31. The Morgan fingerprint density at radius 1 is 0.786 bits per heavy atom. The smallest absolute Gasteiger partial charge is 0.217 e. The average Bonchev–Trinajstić information content (AvgIpc) is 3.99. The van der Waals surface area contributed by atoms with E-state index >= 15 is 0 Å². The van der Waals surface area contributed by atoms with E-state index in [0.29, 0.717) is 24.0 Å². The van der Waals surface area contributed by atoms with Crippen molar-refractivity contribution in [3.63, 3.8) is 0 Å². The third-order valence-electron chi connectivity index (χ3n) is 9.83. The maximum atomic E-state index is 7.80. The van der Waals surface area contributed by atoms with Crippen molar-refractivity contribution in [2.24, 2.45) is 62.8 Å². The van der Waals surface area contributed by atoms with E-state index in [1.54, 1.807) is 55.9 Å². The van der Waals surface area contributed by atoms with Crippen LogP contribution in [0.2, 0.25) is 0 Å². The minimum Gasteiger partial charge on any atom is -0.369 e. The Labute approximate surface area is 422 Å². The summed E-state index contributed by atoms with van der Waals surface area (Å²) in [5, 5.41) is 54.9. The number of hydrogen-bond donors (Lipinski definition) is 10. The van der Waals surface area contributed by atoms with Gasteiger partial charge in [0.2, 0.25) is 29.8 Å². The zero-order chi connectivity index (χ0) is 51.1. The fraction of sp³-hybridized carbons (Fsp3) is 0.750. The lowest BCUT2D eigenvalue weighted by atomic mass is 9.92. The molecule has 26 heteroatoms. The molecule has 404 valence electrons. The van der Waals surface area contributed by atoms with E-state index in [-0.39, 0.29) is 27.1 Å². The first-order valence-corrected chi connectivity index (χ1v) is 23.5. The molecule has 1 atom stereocenters. The number of hydrazone groups is 6. The molecular formula is C44H98N26. The predicted molar refractivity (Wildman–Crippen MR) is 301 cm³/mol. The van der Waals surface area contributed by atoms with E-state index in [1.165, 1.54) is 6.21 Å². The van der Waals surface area contributed by atoms with Gasteiger partial charge in [0.05, 0.1) is 19.1 Å². The minimum absolute atomic E-state index is 0. The summed E-state index contributed by atoms with van der Waals surface area (Å²) >= 11 is 0. The molecule has 1 unspecified atom stereocenters. The van der Waals surface area contributed by atoms with Gasteiger partial charge in [-0.05, 0) is 94.7 Å². The van der Waals surface area contributed by atoms with E-state index in [1.807, 2.05) is 76.9 Å². The Morgan fingerprint density at radius 3 is 1.89 bits per heavy atom. The lowest BCUT2D eigenvalue weighted by molar-refractivity contribution is 0.109. The molecule has 26 nitrogen and oxygen atoms in total. The summed E-state index contributed by atoms with van der Waals surface area (Å²) in [5.74, 6) is 2.58. The highest BCUT2D eigenvalue weighted by Gasteiger charge is 2.24. The summed E-state index contributed by atoms with van der Waals surface area (Å²) in [7, 11) is 9.49. The minimum atomic E-state index is -0.141. The van der Waals surface area contributed by atoms with Crippen LogP contribution >= 0.6 is 0 Å². The Kier molecular flexibility index (Phi) is 42.0. The van der Waals surface area contributed by atoms with Gasteiger partial charge in [-0.15, -0.1) is 0 Å². The van der Waals surface area contributed by atoms with Crippen molar-refractivity contribution in [1.82, 2.24) is 61.5 Å². The molecule has 0 aromatic rings. The molecular weight excluding hydrogens is 893 g/mol. The van der Waals surface area contributed by atoms with Crippen LogP contribution in [0.1, 0.15) is 95.4 Å². The number of likely N-dealkylation sites (N-methyl/N-ethyl adjacent to an activating group) is 1. The van der Waals surface area contributed by atoms with E-state index in [4.69, 9.17) is 28.0 Å².